The third-order valence-corrected chi connectivity index (χ3v) is 4.77. The molecule has 112 valence electrons. The molecule has 0 bridgehead atoms. The smallest absolute Gasteiger partial charge is 0.240 e. The second kappa shape index (κ2) is 7.06. The monoisotopic (exact) mass is 298 g/mol. The summed E-state index contributed by atoms with van der Waals surface area (Å²) in [5.74, 6) is 0.702. The largest absolute Gasteiger partial charge is 0.492 e. The number of benzene rings is 1. The van der Waals surface area contributed by atoms with Gasteiger partial charge in [-0.2, -0.15) is 0 Å². The summed E-state index contributed by atoms with van der Waals surface area (Å²) >= 11 is 0. The summed E-state index contributed by atoms with van der Waals surface area (Å²) < 4.78 is 32.0. The lowest BCUT2D eigenvalue weighted by Crippen LogP contribution is -2.28. The zero-order chi connectivity index (χ0) is 14.4. The van der Waals surface area contributed by atoms with Gasteiger partial charge >= 0.3 is 0 Å². The second-order valence-corrected chi connectivity index (χ2v) is 6.74. The van der Waals surface area contributed by atoms with E-state index in [1.54, 1.807) is 24.3 Å². The van der Waals surface area contributed by atoms with Gasteiger partial charge in [-0.3, -0.25) is 0 Å². The van der Waals surface area contributed by atoms with Crippen molar-refractivity contribution in [1.29, 1.82) is 0 Å². The third kappa shape index (κ3) is 4.19. The lowest BCUT2D eigenvalue weighted by Gasteiger charge is -2.12. The Bertz CT molecular complexity index is 508. The van der Waals surface area contributed by atoms with Gasteiger partial charge in [-0.05, 0) is 50.1 Å². The highest BCUT2D eigenvalue weighted by atomic mass is 32.2. The van der Waals surface area contributed by atoms with Crippen LogP contribution in [0.5, 0.6) is 5.75 Å². The van der Waals surface area contributed by atoms with Crippen molar-refractivity contribution in [2.24, 2.45) is 0 Å². The quantitative estimate of drug-likeness (QED) is 0.800. The van der Waals surface area contributed by atoms with E-state index in [9.17, 15) is 8.42 Å². The molecule has 1 fully saturated rings. The number of nitrogens with one attached hydrogen (secondary N) is 2. The van der Waals surface area contributed by atoms with Gasteiger partial charge in [-0.15, -0.1) is 0 Å². The van der Waals surface area contributed by atoms with Crippen molar-refractivity contribution < 1.29 is 13.2 Å². The summed E-state index contributed by atoms with van der Waals surface area (Å²) in [6.45, 7) is 4.05. The molecule has 2 N–H and O–H groups in total. The first-order valence-corrected chi connectivity index (χ1v) is 8.56. The molecular weight excluding hydrogens is 276 g/mol. The molecule has 0 radical (unpaired) electrons. The Morgan fingerprint density at radius 3 is 2.70 bits per heavy atom. The average Bonchev–Trinajstić information content (AvgIpc) is 2.97. The standard InChI is InChI=1S/C14H22N2O3S/c1-2-9-16-20(17,18)14-7-5-13(6-8-14)19-11-12-4-3-10-15-12/h5-8,12,15-16H,2-4,9-11H2,1H3. The Hall–Kier alpha value is -1.11. The topological polar surface area (TPSA) is 67.4 Å². The van der Waals surface area contributed by atoms with E-state index in [1.165, 1.54) is 6.42 Å². The molecule has 6 heteroatoms. The summed E-state index contributed by atoms with van der Waals surface area (Å²) in [5, 5.41) is 3.35. The molecule has 0 aliphatic carbocycles. The third-order valence-electron chi connectivity index (χ3n) is 3.29. The van der Waals surface area contributed by atoms with Crippen molar-refractivity contribution in [3.05, 3.63) is 24.3 Å². The molecule has 20 heavy (non-hydrogen) atoms. The van der Waals surface area contributed by atoms with Crippen LogP contribution in [0.1, 0.15) is 26.2 Å². The summed E-state index contributed by atoms with van der Waals surface area (Å²) in [7, 11) is -3.39. The molecule has 1 aliphatic rings. The molecule has 1 aliphatic heterocycles. The van der Waals surface area contributed by atoms with Crippen LogP contribution in [-0.4, -0.2) is 34.2 Å². The molecule has 0 amide bonds. The fraction of sp³-hybridized carbons (Fsp3) is 0.571. The summed E-state index contributed by atoms with van der Waals surface area (Å²) in [6.07, 6.45) is 3.09. The molecule has 1 aromatic rings. The first-order chi connectivity index (χ1) is 9.62. The molecule has 5 nitrogen and oxygen atoms in total. The van der Waals surface area contributed by atoms with E-state index in [1.807, 2.05) is 6.92 Å². The number of hydrogen-bond donors (Lipinski definition) is 2. The number of hydrogen-bond acceptors (Lipinski definition) is 4. The molecule has 0 saturated carbocycles. The first kappa shape index (κ1) is 15.3. The van der Waals surface area contributed by atoms with Crippen LogP contribution in [0.4, 0.5) is 0 Å². The Balaban J connectivity index is 1.91. The molecule has 0 aromatic heterocycles. The fourth-order valence-electron chi connectivity index (χ4n) is 2.13. The fourth-order valence-corrected chi connectivity index (χ4v) is 3.26. The van der Waals surface area contributed by atoms with E-state index in [-0.39, 0.29) is 4.90 Å². The maximum atomic E-state index is 11.9. The Labute approximate surface area is 120 Å². The average molecular weight is 298 g/mol. The van der Waals surface area contributed by atoms with E-state index < -0.39 is 10.0 Å². The van der Waals surface area contributed by atoms with Crippen LogP contribution in [0.15, 0.2) is 29.2 Å². The zero-order valence-electron chi connectivity index (χ0n) is 11.8. The summed E-state index contributed by atoms with van der Waals surface area (Å²) in [5.41, 5.74) is 0. The Kier molecular flexibility index (Phi) is 5.39. The van der Waals surface area contributed by atoms with Gasteiger partial charge in [0.15, 0.2) is 0 Å². The minimum Gasteiger partial charge on any atom is -0.492 e. The van der Waals surface area contributed by atoms with Crippen molar-refractivity contribution in [3.8, 4) is 5.75 Å². The Morgan fingerprint density at radius 2 is 2.10 bits per heavy atom. The van der Waals surface area contributed by atoms with E-state index in [0.29, 0.717) is 24.9 Å². The summed E-state index contributed by atoms with van der Waals surface area (Å²) in [4.78, 5) is 0.275. The summed E-state index contributed by atoms with van der Waals surface area (Å²) in [6, 6.07) is 6.97. The molecule has 1 atom stereocenters. The maximum absolute atomic E-state index is 11.9. The van der Waals surface area contributed by atoms with Crippen molar-refractivity contribution >= 4 is 10.0 Å². The van der Waals surface area contributed by atoms with Gasteiger partial charge in [-0.25, -0.2) is 13.1 Å². The molecule has 0 spiro atoms. The highest BCUT2D eigenvalue weighted by molar-refractivity contribution is 7.89. The highest BCUT2D eigenvalue weighted by Gasteiger charge is 2.15. The van der Waals surface area contributed by atoms with Crippen LogP contribution in [0.2, 0.25) is 0 Å². The number of ether oxygens (including phenoxy) is 1. The van der Waals surface area contributed by atoms with Crippen LogP contribution < -0.4 is 14.8 Å². The van der Waals surface area contributed by atoms with Gasteiger partial charge in [0.1, 0.15) is 12.4 Å². The van der Waals surface area contributed by atoms with E-state index in [2.05, 4.69) is 10.0 Å². The molecule has 1 aromatic carbocycles. The normalized spacial score (nSPS) is 19.1. The molecule has 2 rings (SSSR count). The maximum Gasteiger partial charge on any atom is 0.240 e. The molecule has 1 saturated heterocycles. The second-order valence-electron chi connectivity index (χ2n) is 4.97. The minimum atomic E-state index is -3.39. The number of rotatable bonds is 7. The minimum absolute atomic E-state index is 0.275. The Morgan fingerprint density at radius 1 is 1.35 bits per heavy atom. The predicted octanol–water partition coefficient (Wildman–Crippen LogP) is 1.51. The first-order valence-electron chi connectivity index (χ1n) is 7.08. The molecule has 1 unspecified atom stereocenters. The van der Waals surface area contributed by atoms with Crippen LogP contribution in [0.3, 0.4) is 0 Å². The van der Waals surface area contributed by atoms with Crippen LogP contribution in [0.25, 0.3) is 0 Å². The lowest BCUT2D eigenvalue weighted by molar-refractivity contribution is 0.277. The van der Waals surface area contributed by atoms with Gasteiger partial charge in [-0.1, -0.05) is 6.92 Å². The van der Waals surface area contributed by atoms with Crippen molar-refractivity contribution in [2.45, 2.75) is 37.1 Å². The van der Waals surface area contributed by atoms with Gasteiger partial charge in [0.25, 0.3) is 0 Å². The predicted molar refractivity (Wildman–Crippen MR) is 78.4 cm³/mol. The highest BCUT2D eigenvalue weighted by Crippen LogP contribution is 2.17. The van der Waals surface area contributed by atoms with Gasteiger partial charge in [0.05, 0.1) is 4.90 Å². The molecular formula is C14H22N2O3S. The van der Waals surface area contributed by atoms with Gasteiger partial charge < -0.3 is 10.1 Å². The van der Waals surface area contributed by atoms with E-state index >= 15 is 0 Å². The van der Waals surface area contributed by atoms with Crippen LogP contribution in [-0.2, 0) is 10.0 Å². The van der Waals surface area contributed by atoms with Gasteiger partial charge in [0, 0.05) is 12.6 Å². The van der Waals surface area contributed by atoms with E-state index in [0.717, 1.165) is 19.4 Å². The number of sulfonamides is 1. The lowest BCUT2D eigenvalue weighted by atomic mass is 10.2. The zero-order valence-corrected chi connectivity index (χ0v) is 12.6. The molecule has 1 heterocycles. The SMILES string of the molecule is CCCNS(=O)(=O)c1ccc(OCC2CCCN2)cc1. The van der Waals surface area contributed by atoms with Crippen molar-refractivity contribution in [1.82, 2.24) is 10.0 Å². The van der Waals surface area contributed by atoms with Crippen molar-refractivity contribution in [2.75, 3.05) is 19.7 Å². The van der Waals surface area contributed by atoms with Crippen LogP contribution >= 0.6 is 0 Å². The van der Waals surface area contributed by atoms with E-state index in [4.69, 9.17) is 4.74 Å². The van der Waals surface area contributed by atoms with Crippen molar-refractivity contribution in [3.63, 3.8) is 0 Å². The van der Waals surface area contributed by atoms with Crippen LogP contribution in [0, 0.1) is 0 Å². The van der Waals surface area contributed by atoms with Gasteiger partial charge in [0.2, 0.25) is 10.0 Å².